The normalized spacial score (nSPS) is 11.6. The summed E-state index contributed by atoms with van der Waals surface area (Å²) < 4.78 is 31.0. The van der Waals surface area contributed by atoms with Gasteiger partial charge < -0.3 is 15.6 Å². The van der Waals surface area contributed by atoms with E-state index in [0.29, 0.717) is 17.9 Å². The summed E-state index contributed by atoms with van der Waals surface area (Å²) in [7, 11) is -2.14. The fourth-order valence-electron chi connectivity index (χ4n) is 1.91. The molecule has 0 aliphatic heterocycles. The van der Waals surface area contributed by atoms with Gasteiger partial charge in [0, 0.05) is 12.1 Å². The number of hydrogen-bond donors (Lipinski definition) is 3. The topological polar surface area (TPSA) is 110 Å². The molecule has 0 aliphatic rings. The number of nitrogens with zero attached hydrogens (tertiary/aromatic N) is 1. The van der Waals surface area contributed by atoms with Gasteiger partial charge in [0.05, 0.1) is 22.0 Å². The van der Waals surface area contributed by atoms with Crippen molar-refractivity contribution in [1.82, 2.24) is 9.88 Å². The predicted molar refractivity (Wildman–Crippen MR) is 80.4 cm³/mol. The maximum Gasteiger partial charge on any atom is 0.240 e. The Hall–Kier alpha value is -2.06. The zero-order chi connectivity index (χ0) is 15.6. The van der Waals surface area contributed by atoms with E-state index in [2.05, 4.69) is 15.2 Å². The number of hydrogen-bond acceptors (Lipinski definition) is 6. The van der Waals surface area contributed by atoms with Crippen molar-refractivity contribution in [3.05, 3.63) is 35.2 Å². The minimum atomic E-state index is -3.50. The quantitative estimate of drug-likeness (QED) is 0.720. The summed E-state index contributed by atoms with van der Waals surface area (Å²) in [5.74, 6) is 0.720. The number of sulfonamides is 1. The van der Waals surface area contributed by atoms with Crippen LogP contribution in [0, 0.1) is 13.8 Å². The van der Waals surface area contributed by atoms with E-state index in [1.165, 1.54) is 19.2 Å². The molecular weight excluding hydrogens is 292 g/mol. The molecule has 0 aliphatic carbocycles. The van der Waals surface area contributed by atoms with E-state index in [0.717, 1.165) is 17.0 Å². The van der Waals surface area contributed by atoms with Gasteiger partial charge in [-0.1, -0.05) is 5.16 Å². The molecule has 0 atom stereocenters. The minimum absolute atomic E-state index is 0.153. The van der Waals surface area contributed by atoms with Crippen LogP contribution in [-0.2, 0) is 16.6 Å². The van der Waals surface area contributed by atoms with Gasteiger partial charge in [-0.3, -0.25) is 0 Å². The molecule has 2 rings (SSSR count). The van der Waals surface area contributed by atoms with Crippen LogP contribution in [0.15, 0.2) is 27.6 Å². The fraction of sp³-hybridized carbons (Fsp3) is 0.308. The average molecular weight is 310 g/mol. The van der Waals surface area contributed by atoms with E-state index in [1.807, 2.05) is 13.8 Å². The van der Waals surface area contributed by atoms with Crippen LogP contribution in [0.2, 0.25) is 0 Å². The number of anilines is 2. The van der Waals surface area contributed by atoms with Crippen molar-refractivity contribution >= 4 is 21.4 Å². The molecule has 0 saturated heterocycles. The molecule has 0 radical (unpaired) electrons. The molecule has 2 aromatic rings. The highest BCUT2D eigenvalue weighted by atomic mass is 32.2. The highest BCUT2D eigenvalue weighted by Gasteiger charge is 2.14. The standard InChI is InChI=1S/C13H18N4O3S/c1-8-11(9(2)20-17-8)7-16-13-6-10(4-5-12(13)14)21(18,19)15-3/h4-6,15-16H,7,14H2,1-3H3. The summed E-state index contributed by atoms with van der Waals surface area (Å²) in [6.07, 6.45) is 0. The molecule has 1 heterocycles. The molecule has 114 valence electrons. The second-order valence-corrected chi connectivity index (χ2v) is 6.50. The SMILES string of the molecule is CNS(=O)(=O)c1ccc(N)c(NCc2c(C)noc2C)c1. The van der Waals surface area contributed by atoms with Crippen molar-refractivity contribution in [2.75, 3.05) is 18.1 Å². The third kappa shape index (κ3) is 3.17. The lowest BCUT2D eigenvalue weighted by Gasteiger charge is -2.11. The Kier molecular flexibility index (Phi) is 4.19. The van der Waals surface area contributed by atoms with Crippen molar-refractivity contribution in [3.63, 3.8) is 0 Å². The number of nitrogens with one attached hydrogen (secondary N) is 2. The van der Waals surface area contributed by atoms with E-state index in [9.17, 15) is 8.42 Å². The largest absolute Gasteiger partial charge is 0.397 e. The predicted octanol–water partition coefficient (Wildman–Crippen LogP) is 1.39. The first kappa shape index (κ1) is 15.3. The average Bonchev–Trinajstić information content (AvgIpc) is 2.77. The summed E-state index contributed by atoms with van der Waals surface area (Å²) in [6, 6.07) is 4.52. The first-order valence-electron chi connectivity index (χ1n) is 6.34. The van der Waals surface area contributed by atoms with Crippen molar-refractivity contribution in [1.29, 1.82) is 0 Å². The number of aryl methyl sites for hydroxylation is 2. The Morgan fingerprint density at radius 1 is 1.33 bits per heavy atom. The Balaban J connectivity index is 2.26. The van der Waals surface area contributed by atoms with Gasteiger partial charge in [-0.2, -0.15) is 0 Å². The van der Waals surface area contributed by atoms with E-state index < -0.39 is 10.0 Å². The van der Waals surface area contributed by atoms with Gasteiger partial charge in [0.1, 0.15) is 5.76 Å². The van der Waals surface area contributed by atoms with Crippen LogP contribution in [0.3, 0.4) is 0 Å². The fourth-order valence-corrected chi connectivity index (χ4v) is 2.67. The van der Waals surface area contributed by atoms with Gasteiger partial charge in [0.2, 0.25) is 10.0 Å². The second-order valence-electron chi connectivity index (χ2n) is 4.61. The van der Waals surface area contributed by atoms with Gasteiger partial charge >= 0.3 is 0 Å². The molecule has 0 saturated carbocycles. The van der Waals surface area contributed by atoms with E-state index in [-0.39, 0.29) is 4.90 Å². The molecule has 4 N–H and O–H groups in total. The zero-order valence-corrected chi connectivity index (χ0v) is 12.9. The second kappa shape index (κ2) is 5.74. The number of rotatable bonds is 5. The Labute approximate surface area is 123 Å². The van der Waals surface area contributed by atoms with Crippen LogP contribution in [0.4, 0.5) is 11.4 Å². The summed E-state index contributed by atoms with van der Waals surface area (Å²) in [5, 5.41) is 6.99. The smallest absolute Gasteiger partial charge is 0.240 e. The van der Waals surface area contributed by atoms with Crippen LogP contribution in [0.5, 0.6) is 0 Å². The van der Waals surface area contributed by atoms with Crippen molar-refractivity contribution in [2.24, 2.45) is 0 Å². The molecule has 21 heavy (non-hydrogen) atoms. The molecule has 8 heteroatoms. The first-order valence-corrected chi connectivity index (χ1v) is 7.82. The van der Waals surface area contributed by atoms with E-state index in [1.54, 1.807) is 6.07 Å². The summed E-state index contributed by atoms with van der Waals surface area (Å²) in [6.45, 7) is 4.12. The minimum Gasteiger partial charge on any atom is -0.397 e. The molecule has 0 bridgehead atoms. The van der Waals surface area contributed by atoms with Crippen molar-refractivity contribution in [3.8, 4) is 0 Å². The van der Waals surface area contributed by atoms with Crippen LogP contribution in [0.25, 0.3) is 0 Å². The molecular formula is C13H18N4O3S. The van der Waals surface area contributed by atoms with Crippen molar-refractivity contribution < 1.29 is 12.9 Å². The van der Waals surface area contributed by atoms with E-state index >= 15 is 0 Å². The van der Waals surface area contributed by atoms with E-state index in [4.69, 9.17) is 10.3 Å². The lowest BCUT2D eigenvalue weighted by Crippen LogP contribution is -2.19. The van der Waals surface area contributed by atoms with Crippen LogP contribution in [-0.4, -0.2) is 20.6 Å². The Morgan fingerprint density at radius 2 is 2.05 bits per heavy atom. The summed E-state index contributed by atoms with van der Waals surface area (Å²) in [4.78, 5) is 0.153. The third-order valence-corrected chi connectivity index (χ3v) is 4.65. The molecule has 1 aromatic heterocycles. The monoisotopic (exact) mass is 310 g/mol. The van der Waals surface area contributed by atoms with Crippen LogP contribution in [0.1, 0.15) is 17.0 Å². The molecule has 0 fully saturated rings. The lowest BCUT2D eigenvalue weighted by molar-refractivity contribution is 0.392. The number of nitrogen functional groups attached to an aromatic ring is 1. The molecule has 0 amide bonds. The third-order valence-electron chi connectivity index (χ3n) is 3.24. The van der Waals surface area contributed by atoms with Crippen molar-refractivity contribution in [2.45, 2.75) is 25.3 Å². The maximum absolute atomic E-state index is 11.8. The highest BCUT2D eigenvalue weighted by molar-refractivity contribution is 7.89. The van der Waals surface area contributed by atoms with Gasteiger partial charge in [-0.05, 0) is 39.1 Å². The number of benzene rings is 1. The Morgan fingerprint density at radius 3 is 2.62 bits per heavy atom. The summed E-state index contributed by atoms with van der Waals surface area (Å²) >= 11 is 0. The van der Waals surface area contributed by atoms with Crippen LogP contribution < -0.4 is 15.8 Å². The number of aromatic nitrogens is 1. The highest BCUT2D eigenvalue weighted by Crippen LogP contribution is 2.24. The molecule has 0 unspecified atom stereocenters. The van der Waals surface area contributed by atoms with Gasteiger partial charge in [-0.15, -0.1) is 0 Å². The first-order chi connectivity index (χ1) is 9.85. The maximum atomic E-state index is 11.8. The Bertz CT molecular complexity index is 733. The summed E-state index contributed by atoms with van der Waals surface area (Å²) in [5.41, 5.74) is 8.61. The molecule has 1 aromatic carbocycles. The zero-order valence-electron chi connectivity index (χ0n) is 12.1. The van der Waals surface area contributed by atoms with Crippen LogP contribution >= 0.6 is 0 Å². The van der Waals surface area contributed by atoms with Gasteiger partial charge in [0.25, 0.3) is 0 Å². The van der Waals surface area contributed by atoms with Gasteiger partial charge in [-0.25, -0.2) is 13.1 Å². The lowest BCUT2D eigenvalue weighted by atomic mass is 10.2. The van der Waals surface area contributed by atoms with Gasteiger partial charge in [0.15, 0.2) is 0 Å². The molecule has 0 spiro atoms. The molecule has 7 nitrogen and oxygen atoms in total. The number of nitrogens with two attached hydrogens (primary N) is 1.